The van der Waals surface area contributed by atoms with Gasteiger partial charge in [-0.15, -0.1) is 11.3 Å². The number of nitrogens with zero attached hydrogens (tertiary/aromatic N) is 3. The molecule has 1 amide bonds. The van der Waals surface area contributed by atoms with Crippen LogP contribution in [0.5, 0.6) is 0 Å². The molecule has 0 unspecified atom stereocenters. The van der Waals surface area contributed by atoms with Crippen LogP contribution in [0.25, 0.3) is 11.5 Å². The van der Waals surface area contributed by atoms with Crippen LogP contribution in [0.1, 0.15) is 15.4 Å². The number of halogens is 1. The largest absolute Gasteiger partial charge is 0.463 e. The van der Waals surface area contributed by atoms with Crippen molar-refractivity contribution >= 4 is 17.2 Å². The maximum Gasteiger partial charge on any atom is 0.254 e. The first-order valence-electron chi connectivity index (χ1n) is 8.44. The summed E-state index contributed by atoms with van der Waals surface area (Å²) in [5.74, 6) is 0.280. The minimum Gasteiger partial charge on any atom is -0.463 e. The summed E-state index contributed by atoms with van der Waals surface area (Å²) in [5, 5.41) is 3.03. The number of hydrogen-bond acceptors (Lipinski definition) is 5. The van der Waals surface area contributed by atoms with Gasteiger partial charge in [0.25, 0.3) is 5.91 Å². The highest BCUT2D eigenvalue weighted by molar-refractivity contribution is 7.09. The van der Waals surface area contributed by atoms with Crippen molar-refractivity contribution in [1.82, 2.24) is 14.8 Å². The normalized spacial score (nSPS) is 15.3. The van der Waals surface area contributed by atoms with Crippen LogP contribution in [0.3, 0.4) is 0 Å². The van der Waals surface area contributed by atoms with Crippen molar-refractivity contribution in [2.45, 2.75) is 6.54 Å². The molecule has 2 aromatic heterocycles. The number of aromatic nitrogens is 1. The zero-order valence-electron chi connectivity index (χ0n) is 14.1. The number of carbonyl (C=O) groups excluding carboxylic acids is 1. The average molecular weight is 371 g/mol. The summed E-state index contributed by atoms with van der Waals surface area (Å²) in [6.07, 6.45) is 1.64. The lowest BCUT2D eigenvalue weighted by molar-refractivity contribution is 0.0628. The van der Waals surface area contributed by atoms with Crippen LogP contribution < -0.4 is 0 Å². The van der Waals surface area contributed by atoms with E-state index in [0.29, 0.717) is 18.7 Å². The summed E-state index contributed by atoms with van der Waals surface area (Å²) in [4.78, 5) is 21.1. The Balaban J connectivity index is 1.33. The SMILES string of the molecule is O=C(c1cccc(F)c1)N1CCN(Cc2nc(-c3ccco3)cs2)CC1. The highest BCUT2D eigenvalue weighted by Crippen LogP contribution is 2.23. The van der Waals surface area contributed by atoms with Gasteiger partial charge in [0, 0.05) is 37.1 Å². The third-order valence-electron chi connectivity index (χ3n) is 4.42. The third-order valence-corrected chi connectivity index (χ3v) is 5.25. The highest BCUT2D eigenvalue weighted by atomic mass is 32.1. The van der Waals surface area contributed by atoms with Crippen molar-refractivity contribution in [3.63, 3.8) is 0 Å². The molecule has 1 aliphatic rings. The fourth-order valence-electron chi connectivity index (χ4n) is 3.03. The van der Waals surface area contributed by atoms with E-state index in [9.17, 15) is 9.18 Å². The Morgan fingerprint density at radius 3 is 2.77 bits per heavy atom. The summed E-state index contributed by atoms with van der Waals surface area (Å²) in [6, 6.07) is 9.61. The van der Waals surface area contributed by atoms with E-state index in [4.69, 9.17) is 4.42 Å². The van der Waals surface area contributed by atoms with E-state index in [0.717, 1.165) is 36.1 Å². The fraction of sp³-hybridized carbons (Fsp3) is 0.263. The summed E-state index contributed by atoms with van der Waals surface area (Å²) in [6.45, 7) is 3.57. The van der Waals surface area contributed by atoms with Crippen LogP contribution in [0.15, 0.2) is 52.5 Å². The summed E-state index contributed by atoms with van der Waals surface area (Å²) >= 11 is 1.61. The molecule has 1 aliphatic heterocycles. The van der Waals surface area contributed by atoms with Crippen LogP contribution in [0.4, 0.5) is 4.39 Å². The van der Waals surface area contributed by atoms with E-state index >= 15 is 0 Å². The van der Waals surface area contributed by atoms with E-state index in [1.165, 1.54) is 12.1 Å². The second kappa shape index (κ2) is 7.39. The second-order valence-corrected chi connectivity index (χ2v) is 7.13. The number of carbonyl (C=O) groups is 1. The lowest BCUT2D eigenvalue weighted by atomic mass is 10.1. The van der Waals surface area contributed by atoms with Gasteiger partial charge in [-0.25, -0.2) is 9.37 Å². The number of hydrogen-bond donors (Lipinski definition) is 0. The molecule has 0 aliphatic carbocycles. The Morgan fingerprint density at radius 1 is 1.19 bits per heavy atom. The predicted octanol–water partition coefficient (Wildman–Crippen LogP) is 3.50. The number of rotatable bonds is 4. The molecule has 1 saturated heterocycles. The van der Waals surface area contributed by atoms with Crippen molar-refractivity contribution in [3.8, 4) is 11.5 Å². The second-order valence-electron chi connectivity index (χ2n) is 6.18. The first-order valence-corrected chi connectivity index (χ1v) is 9.32. The molecule has 7 heteroatoms. The standard InChI is InChI=1S/C19H18FN3O2S/c20-15-4-1-3-14(11-15)19(24)23-8-6-22(7-9-23)12-18-21-16(13-26-18)17-5-2-10-25-17/h1-5,10-11,13H,6-9,12H2. The molecule has 134 valence electrons. The number of piperazine rings is 1. The van der Waals surface area contributed by atoms with Gasteiger partial charge < -0.3 is 9.32 Å². The first-order chi connectivity index (χ1) is 12.7. The van der Waals surface area contributed by atoms with Gasteiger partial charge in [-0.05, 0) is 30.3 Å². The maximum atomic E-state index is 13.3. The number of thiazole rings is 1. The van der Waals surface area contributed by atoms with Gasteiger partial charge in [-0.2, -0.15) is 0 Å². The number of amides is 1. The molecule has 4 rings (SSSR count). The maximum absolute atomic E-state index is 13.3. The van der Waals surface area contributed by atoms with Crippen LogP contribution in [-0.2, 0) is 6.54 Å². The fourth-order valence-corrected chi connectivity index (χ4v) is 3.85. The third kappa shape index (κ3) is 3.68. The molecule has 0 bridgehead atoms. The minimum atomic E-state index is -0.384. The molecule has 0 saturated carbocycles. The van der Waals surface area contributed by atoms with Gasteiger partial charge in [-0.1, -0.05) is 6.07 Å². The van der Waals surface area contributed by atoms with Crippen LogP contribution in [0, 0.1) is 5.82 Å². The Hall–Kier alpha value is -2.51. The monoisotopic (exact) mass is 371 g/mol. The van der Waals surface area contributed by atoms with Gasteiger partial charge in [0.1, 0.15) is 16.5 Å². The molecule has 0 atom stereocenters. The first kappa shape index (κ1) is 16.9. The zero-order chi connectivity index (χ0) is 17.9. The van der Waals surface area contributed by atoms with Crippen molar-refractivity contribution < 1.29 is 13.6 Å². The lowest BCUT2D eigenvalue weighted by Crippen LogP contribution is -2.48. The summed E-state index contributed by atoms with van der Waals surface area (Å²) < 4.78 is 18.7. The topological polar surface area (TPSA) is 49.6 Å². The van der Waals surface area contributed by atoms with Crippen molar-refractivity contribution in [2.75, 3.05) is 26.2 Å². The number of benzene rings is 1. The zero-order valence-corrected chi connectivity index (χ0v) is 14.9. The molecular formula is C19H18FN3O2S. The molecule has 1 aromatic carbocycles. The Morgan fingerprint density at radius 2 is 2.04 bits per heavy atom. The average Bonchev–Trinajstić information content (AvgIpc) is 3.33. The molecule has 0 radical (unpaired) electrons. The lowest BCUT2D eigenvalue weighted by Gasteiger charge is -2.34. The van der Waals surface area contributed by atoms with Crippen LogP contribution >= 0.6 is 11.3 Å². The summed E-state index contributed by atoms with van der Waals surface area (Å²) in [5.41, 5.74) is 1.26. The molecule has 0 spiro atoms. The van der Waals surface area contributed by atoms with Gasteiger partial charge in [0.15, 0.2) is 5.76 Å². The van der Waals surface area contributed by atoms with Gasteiger partial charge >= 0.3 is 0 Å². The quantitative estimate of drug-likeness (QED) is 0.704. The smallest absolute Gasteiger partial charge is 0.254 e. The van der Waals surface area contributed by atoms with Crippen molar-refractivity contribution in [2.24, 2.45) is 0 Å². The minimum absolute atomic E-state index is 0.112. The van der Waals surface area contributed by atoms with E-state index in [1.54, 1.807) is 34.6 Å². The van der Waals surface area contributed by atoms with Crippen LogP contribution in [0.2, 0.25) is 0 Å². The Labute approximate surface area is 154 Å². The van der Waals surface area contributed by atoms with E-state index in [-0.39, 0.29) is 11.7 Å². The van der Waals surface area contributed by atoms with Gasteiger partial charge in [0.05, 0.1) is 12.8 Å². The number of furan rings is 1. The highest BCUT2D eigenvalue weighted by Gasteiger charge is 2.23. The van der Waals surface area contributed by atoms with Crippen molar-refractivity contribution in [3.05, 3.63) is 64.4 Å². The van der Waals surface area contributed by atoms with E-state index < -0.39 is 0 Å². The molecule has 26 heavy (non-hydrogen) atoms. The van der Waals surface area contributed by atoms with E-state index in [1.807, 2.05) is 17.5 Å². The van der Waals surface area contributed by atoms with Gasteiger partial charge in [-0.3, -0.25) is 9.69 Å². The van der Waals surface area contributed by atoms with Crippen LogP contribution in [-0.4, -0.2) is 46.9 Å². The molecular weight excluding hydrogens is 353 g/mol. The molecule has 1 fully saturated rings. The molecule has 3 aromatic rings. The Kier molecular flexibility index (Phi) is 4.81. The summed E-state index contributed by atoms with van der Waals surface area (Å²) in [7, 11) is 0. The Bertz CT molecular complexity index is 886. The molecule has 5 nitrogen and oxygen atoms in total. The molecule has 0 N–H and O–H groups in total. The van der Waals surface area contributed by atoms with Crippen molar-refractivity contribution in [1.29, 1.82) is 0 Å². The van der Waals surface area contributed by atoms with E-state index in [2.05, 4.69) is 9.88 Å². The molecule has 3 heterocycles. The van der Waals surface area contributed by atoms with Gasteiger partial charge in [0.2, 0.25) is 0 Å². The predicted molar refractivity (Wildman–Crippen MR) is 97.4 cm³/mol.